The Labute approximate surface area is 120 Å². The molecular weight excluding hydrogens is 286 g/mol. The minimum atomic E-state index is -3.02. The molecule has 6 nitrogen and oxygen atoms in total. The Hall–Kier alpha value is -2.38. The number of halogens is 2. The monoisotopic (exact) mass is 302 g/mol. The number of urea groups is 1. The topological polar surface area (TPSA) is 78.9 Å². The van der Waals surface area contributed by atoms with E-state index < -0.39 is 25.2 Å². The van der Waals surface area contributed by atoms with Crippen LogP contribution in [-0.4, -0.2) is 41.7 Å². The zero-order valence-electron chi connectivity index (χ0n) is 11.4. The molecule has 1 aromatic carbocycles. The van der Waals surface area contributed by atoms with E-state index in [2.05, 4.69) is 10.1 Å². The van der Waals surface area contributed by atoms with Crippen molar-refractivity contribution in [1.82, 2.24) is 4.90 Å². The molecule has 0 aromatic heterocycles. The molecule has 21 heavy (non-hydrogen) atoms. The van der Waals surface area contributed by atoms with Crippen molar-refractivity contribution in [3.05, 3.63) is 24.3 Å². The molecule has 0 unspecified atom stereocenters. The fraction of sp³-hybridized carbons (Fsp3) is 0.385. The van der Waals surface area contributed by atoms with Gasteiger partial charge in [0, 0.05) is 6.54 Å². The van der Waals surface area contributed by atoms with E-state index in [1.807, 2.05) is 0 Å². The Morgan fingerprint density at radius 1 is 1.38 bits per heavy atom. The van der Waals surface area contributed by atoms with Gasteiger partial charge in [0.1, 0.15) is 12.3 Å². The minimum Gasteiger partial charge on any atom is -0.480 e. The van der Waals surface area contributed by atoms with Crippen LogP contribution in [0.2, 0.25) is 0 Å². The number of alkyl halides is 2. The second-order valence-electron chi connectivity index (χ2n) is 4.12. The molecule has 0 radical (unpaired) electrons. The Morgan fingerprint density at radius 3 is 2.62 bits per heavy atom. The van der Waals surface area contributed by atoms with Gasteiger partial charge >= 0.3 is 18.6 Å². The molecule has 0 saturated carbocycles. The molecule has 1 aromatic rings. The Kier molecular flexibility index (Phi) is 6.38. The van der Waals surface area contributed by atoms with Gasteiger partial charge in [-0.15, -0.1) is 0 Å². The first-order valence-corrected chi connectivity index (χ1v) is 6.25. The van der Waals surface area contributed by atoms with Gasteiger partial charge in [-0.05, 0) is 18.6 Å². The highest BCUT2D eigenvalue weighted by Crippen LogP contribution is 2.25. The van der Waals surface area contributed by atoms with E-state index in [1.165, 1.54) is 24.3 Å². The highest BCUT2D eigenvalue weighted by atomic mass is 19.3. The van der Waals surface area contributed by atoms with Crippen LogP contribution >= 0.6 is 0 Å². The summed E-state index contributed by atoms with van der Waals surface area (Å²) in [4.78, 5) is 23.8. The van der Waals surface area contributed by atoms with Gasteiger partial charge in [-0.3, -0.25) is 4.79 Å². The van der Waals surface area contributed by atoms with Gasteiger partial charge in [0.05, 0.1) is 5.69 Å². The van der Waals surface area contributed by atoms with Crippen LogP contribution in [0.5, 0.6) is 5.75 Å². The van der Waals surface area contributed by atoms with Crippen molar-refractivity contribution in [1.29, 1.82) is 0 Å². The van der Waals surface area contributed by atoms with Crippen molar-refractivity contribution < 1.29 is 28.2 Å². The van der Waals surface area contributed by atoms with Crippen LogP contribution in [0, 0.1) is 0 Å². The lowest BCUT2D eigenvalue weighted by Gasteiger charge is -2.21. The fourth-order valence-corrected chi connectivity index (χ4v) is 1.65. The lowest BCUT2D eigenvalue weighted by Crippen LogP contribution is -2.39. The maximum Gasteiger partial charge on any atom is 0.387 e. The average Bonchev–Trinajstić information content (AvgIpc) is 2.39. The Bertz CT molecular complexity index is 497. The number of amides is 2. The number of benzene rings is 1. The summed E-state index contributed by atoms with van der Waals surface area (Å²) in [6, 6.07) is 5.00. The van der Waals surface area contributed by atoms with Crippen molar-refractivity contribution >= 4 is 17.7 Å². The molecule has 8 heteroatoms. The number of carbonyl (C=O) groups excluding carboxylic acids is 1. The summed E-state index contributed by atoms with van der Waals surface area (Å²) in [6.07, 6.45) is 0.565. The van der Waals surface area contributed by atoms with Crippen LogP contribution in [0.15, 0.2) is 24.3 Å². The summed E-state index contributed by atoms with van der Waals surface area (Å²) in [5.74, 6) is -1.34. The summed E-state index contributed by atoms with van der Waals surface area (Å²) in [5, 5.41) is 11.1. The molecule has 0 spiro atoms. The maximum absolute atomic E-state index is 12.3. The van der Waals surface area contributed by atoms with E-state index in [0.717, 1.165) is 4.90 Å². The number of anilines is 1. The van der Waals surface area contributed by atoms with Crippen molar-refractivity contribution in [2.24, 2.45) is 0 Å². The Morgan fingerprint density at radius 2 is 2.05 bits per heavy atom. The van der Waals surface area contributed by atoms with Crippen LogP contribution in [0.1, 0.15) is 13.3 Å². The predicted molar refractivity (Wildman–Crippen MR) is 71.6 cm³/mol. The molecule has 116 valence electrons. The van der Waals surface area contributed by atoms with E-state index in [9.17, 15) is 18.4 Å². The number of nitrogens with one attached hydrogen (secondary N) is 1. The van der Waals surface area contributed by atoms with Crippen molar-refractivity contribution in [3.63, 3.8) is 0 Å². The molecule has 0 atom stereocenters. The number of carboxylic acid groups (broad SMARTS) is 1. The number of aliphatic carboxylic acids is 1. The number of hydrogen-bond donors (Lipinski definition) is 2. The molecule has 0 aliphatic heterocycles. The van der Waals surface area contributed by atoms with Gasteiger partial charge < -0.3 is 20.1 Å². The first-order chi connectivity index (χ1) is 9.93. The molecule has 0 aliphatic rings. The van der Waals surface area contributed by atoms with Gasteiger partial charge in [0.2, 0.25) is 0 Å². The van der Waals surface area contributed by atoms with Gasteiger partial charge in [0.15, 0.2) is 0 Å². The molecule has 0 heterocycles. The summed E-state index contributed by atoms with van der Waals surface area (Å²) in [5.41, 5.74) is 0.0503. The third-order valence-corrected chi connectivity index (χ3v) is 2.45. The second kappa shape index (κ2) is 8.03. The predicted octanol–water partition coefficient (Wildman–Crippen LogP) is 2.62. The second-order valence-corrected chi connectivity index (χ2v) is 4.12. The molecule has 0 aliphatic carbocycles. The lowest BCUT2D eigenvalue weighted by atomic mass is 10.3. The third kappa shape index (κ3) is 5.64. The van der Waals surface area contributed by atoms with E-state index in [0.29, 0.717) is 6.42 Å². The van der Waals surface area contributed by atoms with Crippen LogP contribution in [0.4, 0.5) is 19.3 Å². The summed E-state index contributed by atoms with van der Waals surface area (Å²) in [6.45, 7) is -1.47. The van der Waals surface area contributed by atoms with E-state index in [4.69, 9.17) is 5.11 Å². The number of rotatable bonds is 7. The molecule has 0 fully saturated rings. The number of para-hydroxylation sites is 2. The zero-order chi connectivity index (χ0) is 15.8. The highest BCUT2D eigenvalue weighted by Gasteiger charge is 2.18. The largest absolute Gasteiger partial charge is 0.480 e. The van der Waals surface area contributed by atoms with Crippen LogP contribution < -0.4 is 10.1 Å². The van der Waals surface area contributed by atoms with E-state index >= 15 is 0 Å². The molecule has 0 bridgehead atoms. The number of ether oxygens (including phenoxy) is 1. The number of carbonyl (C=O) groups is 2. The summed E-state index contributed by atoms with van der Waals surface area (Å²) < 4.78 is 28.8. The number of carboxylic acids is 1. The molecule has 2 N–H and O–H groups in total. The maximum atomic E-state index is 12.3. The van der Waals surface area contributed by atoms with Crippen LogP contribution in [-0.2, 0) is 4.79 Å². The number of hydrogen-bond acceptors (Lipinski definition) is 3. The number of nitrogens with zero attached hydrogens (tertiary/aromatic N) is 1. The van der Waals surface area contributed by atoms with Crippen LogP contribution in [0.25, 0.3) is 0 Å². The van der Waals surface area contributed by atoms with Crippen LogP contribution in [0.3, 0.4) is 0 Å². The Balaban J connectivity index is 2.82. The quantitative estimate of drug-likeness (QED) is 0.811. The normalized spacial score (nSPS) is 10.3. The smallest absolute Gasteiger partial charge is 0.387 e. The average molecular weight is 302 g/mol. The molecule has 1 rings (SSSR count). The van der Waals surface area contributed by atoms with Gasteiger partial charge in [0.25, 0.3) is 0 Å². The first-order valence-electron chi connectivity index (χ1n) is 6.25. The summed E-state index contributed by atoms with van der Waals surface area (Å²) >= 11 is 0. The zero-order valence-corrected chi connectivity index (χ0v) is 11.4. The molecule has 0 saturated heterocycles. The molecular formula is C13H16F2N2O4. The molecule has 2 amide bonds. The summed E-state index contributed by atoms with van der Waals surface area (Å²) in [7, 11) is 0. The van der Waals surface area contributed by atoms with Gasteiger partial charge in [-0.2, -0.15) is 8.78 Å². The van der Waals surface area contributed by atoms with Crippen molar-refractivity contribution in [2.45, 2.75) is 20.0 Å². The SMILES string of the molecule is CCCN(CC(=O)O)C(=O)Nc1ccccc1OC(F)F. The van der Waals surface area contributed by atoms with Crippen molar-refractivity contribution in [3.8, 4) is 5.75 Å². The van der Waals surface area contributed by atoms with E-state index in [-0.39, 0.29) is 18.0 Å². The fourth-order valence-electron chi connectivity index (χ4n) is 1.65. The lowest BCUT2D eigenvalue weighted by molar-refractivity contribution is -0.137. The minimum absolute atomic E-state index is 0.0503. The third-order valence-electron chi connectivity index (χ3n) is 2.45. The van der Waals surface area contributed by atoms with Gasteiger partial charge in [-0.1, -0.05) is 19.1 Å². The van der Waals surface area contributed by atoms with Crippen molar-refractivity contribution in [2.75, 3.05) is 18.4 Å². The highest BCUT2D eigenvalue weighted by molar-refractivity contribution is 5.92. The van der Waals surface area contributed by atoms with Gasteiger partial charge in [-0.25, -0.2) is 4.79 Å². The van der Waals surface area contributed by atoms with E-state index in [1.54, 1.807) is 6.92 Å². The first kappa shape index (κ1) is 16.7. The standard InChI is InChI=1S/C13H16F2N2O4/c1-2-7-17(8-11(18)19)13(20)16-9-5-3-4-6-10(9)21-12(14)15/h3-6,12H,2,7-8H2,1H3,(H,16,20)(H,18,19).